The molecule has 0 N–H and O–H groups in total. The minimum atomic E-state index is -0.230. The summed E-state index contributed by atoms with van der Waals surface area (Å²) in [5.41, 5.74) is 21.0. The molecule has 0 radical (unpaired) electrons. The molecule has 0 spiro atoms. The van der Waals surface area contributed by atoms with E-state index < -0.39 is 0 Å². The quantitative estimate of drug-likeness (QED) is 0.162. The third-order valence-electron chi connectivity index (χ3n) is 14.5. The SMILES string of the molecule is CC(C)(C)c1ccc(N2c3cc4sc5ccccc5c4cc3B3c4c2cc2c(c4-c4cccc5c6c7ccccc7oc6n3c45)C(C)(C)c3ccccc3-2)c(-c2ccccc2)c1. The first-order valence-corrected chi connectivity index (χ1v) is 22.7. The summed E-state index contributed by atoms with van der Waals surface area (Å²) < 4.78 is 12.3. The highest BCUT2D eigenvalue weighted by atomic mass is 32.1. The molecule has 0 bridgehead atoms. The highest BCUT2D eigenvalue weighted by molar-refractivity contribution is 7.26. The normalized spacial score (nSPS) is 14.6. The van der Waals surface area contributed by atoms with Crippen LogP contribution in [-0.4, -0.2) is 11.3 Å². The molecule has 62 heavy (non-hydrogen) atoms. The second kappa shape index (κ2) is 11.8. The van der Waals surface area contributed by atoms with E-state index in [1.165, 1.54) is 115 Å². The summed E-state index contributed by atoms with van der Waals surface area (Å²) in [6, 6.07) is 59.5. The van der Waals surface area contributed by atoms with Gasteiger partial charge in [-0.15, -0.1) is 11.3 Å². The largest absolute Gasteiger partial charge is 0.441 e. The third-order valence-corrected chi connectivity index (χ3v) is 15.6. The van der Waals surface area contributed by atoms with Crippen LogP contribution in [0.2, 0.25) is 0 Å². The number of nitrogens with zero attached hydrogens (tertiary/aromatic N) is 2. The number of hydrogen-bond acceptors (Lipinski definition) is 3. The Morgan fingerprint density at radius 2 is 1.32 bits per heavy atom. The van der Waals surface area contributed by atoms with E-state index in [-0.39, 0.29) is 17.7 Å². The molecule has 3 nitrogen and oxygen atoms in total. The maximum Gasteiger partial charge on any atom is 0.336 e. The maximum absolute atomic E-state index is 7.09. The van der Waals surface area contributed by atoms with E-state index in [4.69, 9.17) is 4.42 Å². The van der Waals surface area contributed by atoms with Crippen molar-refractivity contribution in [3.8, 4) is 33.4 Å². The Bertz CT molecular complexity index is 3780. The molecule has 3 aliphatic rings. The fourth-order valence-electron chi connectivity index (χ4n) is 11.8. The van der Waals surface area contributed by atoms with Crippen LogP contribution >= 0.6 is 11.3 Å². The van der Waals surface area contributed by atoms with Crippen LogP contribution in [-0.2, 0) is 10.8 Å². The number of furan rings is 1. The Hall–Kier alpha value is -6.82. The van der Waals surface area contributed by atoms with Gasteiger partial charge in [-0.05, 0) is 91.7 Å². The maximum atomic E-state index is 7.09. The van der Waals surface area contributed by atoms with Crippen LogP contribution in [0.3, 0.4) is 0 Å². The summed E-state index contributed by atoms with van der Waals surface area (Å²) in [7, 11) is 0. The van der Waals surface area contributed by atoms with Gasteiger partial charge in [0.2, 0.25) is 0 Å². The smallest absolute Gasteiger partial charge is 0.336 e. The van der Waals surface area contributed by atoms with E-state index in [1.807, 2.05) is 11.3 Å². The van der Waals surface area contributed by atoms with Crippen LogP contribution in [0.5, 0.6) is 0 Å². The van der Waals surface area contributed by atoms with Crippen molar-refractivity contribution in [1.82, 2.24) is 4.48 Å². The molecule has 14 rings (SSSR count). The molecule has 1 aliphatic carbocycles. The minimum absolute atomic E-state index is 0.0281. The fraction of sp³-hybridized carbons (Fsp3) is 0.123. The lowest BCUT2D eigenvalue weighted by atomic mass is 9.44. The molecule has 0 saturated carbocycles. The molecular formula is C57H41BN2OS. The van der Waals surface area contributed by atoms with Crippen LogP contribution in [0.1, 0.15) is 51.3 Å². The molecule has 5 heterocycles. The Labute approximate surface area is 364 Å². The number of benzene rings is 8. The van der Waals surface area contributed by atoms with Crippen molar-refractivity contribution in [3.63, 3.8) is 0 Å². The summed E-state index contributed by atoms with van der Waals surface area (Å²) in [5.74, 6) is 0. The van der Waals surface area contributed by atoms with Crippen molar-refractivity contribution in [2.75, 3.05) is 4.90 Å². The van der Waals surface area contributed by atoms with E-state index in [9.17, 15) is 0 Å². The zero-order valence-electron chi connectivity index (χ0n) is 35.3. The van der Waals surface area contributed by atoms with Crippen LogP contribution in [0.25, 0.3) is 86.5 Å². The number of rotatable bonds is 2. The molecule has 294 valence electrons. The zero-order chi connectivity index (χ0) is 41.4. The Balaban J connectivity index is 1.21. The average molecular weight is 813 g/mol. The molecule has 8 aromatic carbocycles. The molecule has 2 aliphatic heterocycles. The summed E-state index contributed by atoms with van der Waals surface area (Å²) in [4.78, 5) is 2.64. The first kappa shape index (κ1) is 34.8. The van der Waals surface area contributed by atoms with E-state index in [2.05, 4.69) is 202 Å². The topological polar surface area (TPSA) is 21.3 Å². The van der Waals surface area contributed by atoms with Crippen molar-refractivity contribution < 1.29 is 4.42 Å². The standard InChI is InChI=1S/C57H41BN2OS/c1-56(2,3)33-26-27-44(39(28-33)32-16-7-6-8-17-32)59-45-31-49-40(35-19-11-14-25-48(35)62-49)29-43(45)58-53-46(59)30-41-34-18-9-12-23-42(34)57(4,5)52(41)51(53)38-22-15-21-37-50-36-20-10-13-24-47(36)61-55(50)60(58)54(37)38/h6-31H,1-5H3. The van der Waals surface area contributed by atoms with Crippen LogP contribution < -0.4 is 15.8 Å². The second-order valence-electron chi connectivity index (χ2n) is 19.2. The van der Waals surface area contributed by atoms with Gasteiger partial charge >= 0.3 is 6.85 Å². The van der Waals surface area contributed by atoms with E-state index in [0.29, 0.717) is 0 Å². The molecule has 11 aromatic rings. The molecule has 0 amide bonds. The molecule has 0 unspecified atom stereocenters. The van der Waals surface area contributed by atoms with Gasteiger partial charge in [0.05, 0.1) is 11.1 Å². The molecule has 0 saturated heterocycles. The van der Waals surface area contributed by atoms with E-state index in [1.54, 1.807) is 0 Å². The van der Waals surface area contributed by atoms with Crippen molar-refractivity contribution in [2.45, 2.75) is 45.4 Å². The zero-order valence-corrected chi connectivity index (χ0v) is 36.1. The van der Waals surface area contributed by atoms with Gasteiger partial charge in [-0.1, -0.05) is 156 Å². The van der Waals surface area contributed by atoms with Crippen LogP contribution in [0.15, 0.2) is 162 Å². The second-order valence-corrected chi connectivity index (χ2v) is 20.3. The van der Waals surface area contributed by atoms with Gasteiger partial charge < -0.3 is 13.8 Å². The summed E-state index contributed by atoms with van der Waals surface area (Å²) >= 11 is 1.89. The third kappa shape index (κ3) is 4.32. The van der Waals surface area contributed by atoms with E-state index in [0.717, 1.165) is 16.7 Å². The molecule has 3 aromatic heterocycles. The van der Waals surface area contributed by atoms with Gasteiger partial charge in [0, 0.05) is 64.4 Å². The molecular weight excluding hydrogens is 772 g/mol. The summed E-state index contributed by atoms with van der Waals surface area (Å²) in [6.07, 6.45) is 0. The molecule has 0 atom stereocenters. The lowest BCUT2D eigenvalue weighted by molar-refractivity contribution is 0.590. The first-order valence-electron chi connectivity index (χ1n) is 21.9. The van der Waals surface area contributed by atoms with Gasteiger partial charge in [-0.25, -0.2) is 0 Å². The highest BCUT2D eigenvalue weighted by Gasteiger charge is 2.49. The van der Waals surface area contributed by atoms with Gasteiger partial charge in [0.1, 0.15) is 5.58 Å². The highest BCUT2D eigenvalue weighted by Crippen LogP contribution is 2.58. The molecule has 0 fully saturated rings. The van der Waals surface area contributed by atoms with Crippen molar-refractivity contribution in [3.05, 3.63) is 174 Å². The van der Waals surface area contributed by atoms with Gasteiger partial charge in [-0.2, -0.15) is 0 Å². The first-order chi connectivity index (χ1) is 30.2. The van der Waals surface area contributed by atoms with Crippen molar-refractivity contribution in [2.24, 2.45) is 0 Å². The Morgan fingerprint density at radius 1 is 0.581 bits per heavy atom. The predicted molar refractivity (Wildman–Crippen MR) is 264 cm³/mol. The predicted octanol–water partition coefficient (Wildman–Crippen LogP) is 14.6. The number of thiophene rings is 1. The number of fused-ring (bicyclic) bond motifs is 16. The summed E-state index contributed by atoms with van der Waals surface area (Å²) in [5, 5.41) is 6.21. The average Bonchev–Trinajstić information content (AvgIpc) is 4.00. The van der Waals surface area contributed by atoms with Crippen LogP contribution in [0.4, 0.5) is 17.1 Å². The van der Waals surface area contributed by atoms with Gasteiger partial charge in [0.15, 0.2) is 5.71 Å². The number of aromatic nitrogens is 1. The Morgan fingerprint density at radius 3 is 2.18 bits per heavy atom. The Kier molecular flexibility index (Phi) is 6.61. The fourth-order valence-corrected chi connectivity index (χ4v) is 12.9. The summed E-state index contributed by atoms with van der Waals surface area (Å²) in [6.45, 7) is 11.7. The van der Waals surface area contributed by atoms with Crippen molar-refractivity contribution >= 4 is 99.3 Å². The van der Waals surface area contributed by atoms with Gasteiger partial charge in [0.25, 0.3) is 0 Å². The minimum Gasteiger partial charge on any atom is -0.441 e. The molecule has 5 heteroatoms. The lowest BCUT2D eigenvalue weighted by Crippen LogP contribution is -2.57. The monoisotopic (exact) mass is 812 g/mol. The van der Waals surface area contributed by atoms with Crippen LogP contribution in [0, 0.1) is 0 Å². The lowest BCUT2D eigenvalue weighted by Gasteiger charge is -2.42. The van der Waals surface area contributed by atoms with Gasteiger partial charge in [-0.3, -0.25) is 0 Å². The number of para-hydroxylation sites is 2. The number of anilines is 3. The van der Waals surface area contributed by atoms with Crippen molar-refractivity contribution in [1.29, 1.82) is 0 Å². The van der Waals surface area contributed by atoms with E-state index >= 15 is 0 Å². The number of hydrogen-bond donors (Lipinski definition) is 0.